The molecule has 5 heteroatoms. The maximum absolute atomic E-state index is 13.6. The third-order valence-corrected chi connectivity index (χ3v) is 3.40. The fraction of sp³-hybridized carbons (Fsp3) is 0.500. The average Bonchev–Trinajstić information content (AvgIpc) is 2.37. The maximum atomic E-state index is 13.6. The molecule has 2 atom stereocenters. The molecule has 3 N–H and O–H groups in total. The second-order valence-electron chi connectivity index (χ2n) is 4.95. The minimum atomic E-state index is -0.541. The van der Waals surface area contributed by atoms with Gasteiger partial charge < -0.3 is 15.8 Å². The number of nitrogens with two attached hydrogens (primary N) is 1. The molecule has 0 radical (unpaired) electrons. The Bertz CT molecular complexity index is 465. The van der Waals surface area contributed by atoms with Gasteiger partial charge in [-0.05, 0) is 38.0 Å². The molecule has 0 spiro atoms. The summed E-state index contributed by atoms with van der Waals surface area (Å²) in [5.74, 6) is -0.862. The molecule has 1 saturated heterocycles. The van der Waals surface area contributed by atoms with Gasteiger partial charge in [0.2, 0.25) is 5.91 Å². The van der Waals surface area contributed by atoms with Crippen molar-refractivity contribution in [2.75, 3.05) is 6.61 Å². The van der Waals surface area contributed by atoms with Crippen LogP contribution >= 0.6 is 0 Å². The fourth-order valence-electron chi connectivity index (χ4n) is 2.30. The van der Waals surface area contributed by atoms with E-state index in [2.05, 4.69) is 5.32 Å². The summed E-state index contributed by atoms with van der Waals surface area (Å²) in [6, 6.07) is 4.51. The van der Waals surface area contributed by atoms with Crippen LogP contribution in [0.25, 0.3) is 0 Å². The smallest absolute Gasteiger partial charge is 0.248 e. The van der Waals surface area contributed by atoms with Gasteiger partial charge in [0.1, 0.15) is 5.82 Å². The van der Waals surface area contributed by atoms with E-state index in [1.165, 1.54) is 18.2 Å². The highest BCUT2D eigenvalue weighted by atomic mass is 19.1. The van der Waals surface area contributed by atoms with Gasteiger partial charge in [-0.2, -0.15) is 0 Å². The number of primary amides is 1. The zero-order valence-electron chi connectivity index (χ0n) is 11.0. The fourth-order valence-corrected chi connectivity index (χ4v) is 2.30. The first-order valence-electron chi connectivity index (χ1n) is 6.49. The third-order valence-electron chi connectivity index (χ3n) is 3.40. The molecule has 0 bridgehead atoms. The van der Waals surface area contributed by atoms with Crippen molar-refractivity contribution in [2.24, 2.45) is 5.73 Å². The highest BCUT2D eigenvalue weighted by Gasteiger charge is 2.19. The first-order valence-corrected chi connectivity index (χ1v) is 6.49. The van der Waals surface area contributed by atoms with E-state index >= 15 is 0 Å². The summed E-state index contributed by atoms with van der Waals surface area (Å²) in [5.41, 5.74) is 5.99. The van der Waals surface area contributed by atoms with Crippen LogP contribution in [0.1, 0.15) is 35.7 Å². The molecule has 0 aromatic heterocycles. The second-order valence-corrected chi connectivity index (χ2v) is 4.95. The topological polar surface area (TPSA) is 64.3 Å². The van der Waals surface area contributed by atoms with Gasteiger partial charge in [0, 0.05) is 30.3 Å². The molecule has 19 heavy (non-hydrogen) atoms. The molecule has 1 aromatic carbocycles. The number of halogens is 1. The van der Waals surface area contributed by atoms with Gasteiger partial charge in [-0.15, -0.1) is 0 Å². The van der Waals surface area contributed by atoms with E-state index < -0.39 is 5.91 Å². The predicted molar refractivity (Wildman–Crippen MR) is 70.2 cm³/mol. The minimum absolute atomic E-state index is 0.230. The van der Waals surface area contributed by atoms with Gasteiger partial charge in [-0.3, -0.25) is 4.79 Å². The van der Waals surface area contributed by atoms with E-state index in [0.29, 0.717) is 23.7 Å². The number of carbonyl (C=O) groups excluding carboxylic acids is 1. The summed E-state index contributed by atoms with van der Waals surface area (Å²) in [6.45, 7) is 3.15. The largest absolute Gasteiger partial charge is 0.378 e. The second kappa shape index (κ2) is 6.12. The molecule has 1 heterocycles. The van der Waals surface area contributed by atoms with Crippen LogP contribution in [0.15, 0.2) is 18.2 Å². The quantitative estimate of drug-likeness (QED) is 0.869. The van der Waals surface area contributed by atoms with Crippen molar-refractivity contribution < 1.29 is 13.9 Å². The predicted octanol–water partition coefficient (Wildman–Crippen LogP) is 1.58. The summed E-state index contributed by atoms with van der Waals surface area (Å²) in [6.07, 6.45) is 2.06. The molecule has 0 saturated carbocycles. The Kier molecular flexibility index (Phi) is 4.50. The average molecular weight is 266 g/mol. The van der Waals surface area contributed by atoms with Crippen LogP contribution < -0.4 is 11.1 Å². The molecule has 1 amide bonds. The molecule has 0 aliphatic carbocycles. The SMILES string of the molecule is CC1CC(NCc2cc(C(N)=O)ccc2F)CCO1. The van der Waals surface area contributed by atoms with Crippen LogP contribution in [0.2, 0.25) is 0 Å². The van der Waals surface area contributed by atoms with Crippen molar-refractivity contribution in [3.05, 3.63) is 35.1 Å². The molecule has 2 rings (SSSR count). The first kappa shape index (κ1) is 14.0. The summed E-state index contributed by atoms with van der Waals surface area (Å²) in [5, 5.41) is 3.30. The van der Waals surface area contributed by atoms with E-state index in [9.17, 15) is 9.18 Å². The lowest BCUT2D eigenvalue weighted by Gasteiger charge is -2.28. The lowest BCUT2D eigenvalue weighted by atomic mass is 10.0. The number of hydrogen-bond donors (Lipinski definition) is 2. The number of ether oxygens (including phenoxy) is 1. The van der Waals surface area contributed by atoms with E-state index in [1.807, 2.05) is 6.92 Å². The Balaban J connectivity index is 1.98. The van der Waals surface area contributed by atoms with Crippen LogP contribution in [0.3, 0.4) is 0 Å². The summed E-state index contributed by atoms with van der Waals surface area (Å²) < 4.78 is 19.1. The summed E-state index contributed by atoms with van der Waals surface area (Å²) in [4.78, 5) is 11.1. The Morgan fingerprint density at radius 2 is 2.37 bits per heavy atom. The van der Waals surface area contributed by atoms with Crippen LogP contribution in [-0.2, 0) is 11.3 Å². The highest BCUT2D eigenvalue weighted by Crippen LogP contribution is 2.15. The van der Waals surface area contributed by atoms with Crippen LogP contribution in [0.5, 0.6) is 0 Å². The molecular formula is C14H19FN2O2. The number of nitrogens with one attached hydrogen (secondary N) is 1. The first-order chi connectivity index (χ1) is 9.06. The summed E-state index contributed by atoms with van der Waals surface area (Å²) >= 11 is 0. The minimum Gasteiger partial charge on any atom is -0.378 e. The van der Waals surface area contributed by atoms with Gasteiger partial charge >= 0.3 is 0 Å². The number of rotatable bonds is 4. The van der Waals surface area contributed by atoms with Crippen molar-refractivity contribution in [3.63, 3.8) is 0 Å². The maximum Gasteiger partial charge on any atom is 0.248 e. The van der Waals surface area contributed by atoms with Gasteiger partial charge in [-0.25, -0.2) is 4.39 Å². The molecule has 4 nitrogen and oxygen atoms in total. The van der Waals surface area contributed by atoms with E-state index in [1.54, 1.807) is 0 Å². The van der Waals surface area contributed by atoms with Gasteiger partial charge in [0.05, 0.1) is 6.10 Å². The number of benzene rings is 1. The molecule has 1 fully saturated rings. The molecule has 1 aromatic rings. The highest BCUT2D eigenvalue weighted by molar-refractivity contribution is 5.92. The van der Waals surface area contributed by atoms with Crippen LogP contribution in [-0.4, -0.2) is 24.7 Å². The zero-order chi connectivity index (χ0) is 13.8. The monoisotopic (exact) mass is 266 g/mol. The Labute approximate surface area is 112 Å². The molecule has 1 aliphatic heterocycles. The Morgan fingerprint density at radius 3 is 3.05 bits per heavy atom. The Morgan fingerprint density at radius 1 is 1.58 bits per heavy atom. The molecular weight excluding hydrogens is 247 g/mol. The van der Waals surface area contributed by atoms with Crippen molar-refractivity contribution in [3.8, 4) is 0 Å². The van der Waals surface area contributed by atoms with E-state index in [0.717, 1.165) is 19.4 Å². The third kappa shape index (κ3) is 3.75. The molecule has 1 aliphatic rings. The van der Waals surface area contributed by atoms with E-state index in [4.69, 9.17) is 10.5 Å². The van der Waals surface area contributed by atoms with Crippen molar-refractivity contribution in [1.82, 2.24) is 5.32 Å². The van der Waals surface area contributed by atoms with Crippen molar-refractivity contribution >= 4 is 5.91 Å². The lowest BCUT2D eigenvalue weighted by Crippen LogP contribution is -2.37. The summed E-state index contributed by atoms with van der Waals surface area (Å²) in [7, 11) is 0. The van der Waals surface area contributed by atoms with Gasteiger partial charge in [0.15, 0.2) is 0 Å². The van der Waals surface area contributed by atoms with Gasteiger partial charge in [-0.1, -0.05) is 0 Å². The van der Waals surface area contributed by atoms with Crippen molar-refractivity contribution in [1.29, 1.82) is 0 Å². The lowest BCUT2D eigenvalue weighted by molar-refractivity contribution is 0.0130. The Hall–Kier alpha value is -1.46. The van der Waals surface area contributed by atoms with Gasteiger partial charge in [0.25, 0.3) is 0 Å². The van der Waals surface area contributed by atoms with Crippen LogP contribution in [0, 0.1) is 5.82 Å². The molecule has 104 valence electrons. The number of amides is 1. The van der Waals surface area contributed by atoms with Crippen LogP contribution in [0.4, 0.5) is 4.39 Å². The number of hydrogen-bond acceptors (Lipinski definition) is 3. The van der Waals surface area contributed by atoms with Crippen molar-refractivity contribution in [2.45, 2.75) is 38.5 Å². The van der Waals surface area contributed by atoms with E-state index in [-0.39, 0.29) is 11.9 Å². The molecule has 2 unspecified atom stereocenters. The number of carbonyl (C=O) groups is 1. The normalized spacial score (nSPS) is 23.3. The zero-order valence-corrected chi connectivity index (χ0v) is 11.0. The standard InChI is InChI=1S/C14H19FN2O2/c1-9-6-12(4-5-19-9)17-8-11-7-10(14(16)18)2-3-13(11)15/h2-3,7,9,12,17H,4-6,8H2,1H3,(H2,16,18).